The van der Waals surface area contributed by atoms with Gasteiger partial charge in [-0.15, -0.1) is 0 Å². The Hall–Kier alpha value is -1.52. The van der Waals surface area contributed by atoms with Gasteiger partial charge in [-0.1, -0.05) is 12.2 Å². The summed E-state index contributed by atoms with van der Waals surface area (Å²) in [5.41, 5.74) is 0. The summed E-state index contributed by atoms with van der Waals surface area (Å²) in [5, 5.41) is 0. The summed E-state index contributed by atoms with van der Waals surface area (Å²) in [6.45, 7) is 2.37. The summed E-state index contributed by atoms with van der Waals surface area (Å²) in [7, 11) is 1.38. The highest BCUT2D eigenvalue weighted by molar-refractivity contribution is 5.80. The minimum atomic E-state index is -0.306. The maximum absolute atomic E-state index is 12.1. The quantitative estimate of drug-likeness (QED) is 0.637. The molecule has 0 atom stereocenters. The number of hydrogen-bond acceptors (Lipinski definition) is 3. The van der Waals surface area contributed by atoms with Crippen LogP contribution in [-0.4, -0.2) is 55.1 Å². The summed E-state index contributed by atoms with van der Waals surface area (Å²) < 4.78 is 4.66. The molecule has 2 aliphatic rings. The molecule has 1 saturated heterocycles. The molecule has 2 rings (SSSR count). The topological polar surface area (TPSA) is 49.9 Å². The van der Waals surface area contributed by atoms with Gasteiger partial charge >= 0.3 is 6.09 Å². The SMILES string of the molecule is COC(=O)N1CCN(C(=O)C2CC=CC2)CC1. The third-order valence-corrected chi connectivity index (χ3v) is 3.38. The molecule has 1 aliphatic heterocycles. The van der Waals surface area contributed by atoms with E-state index in [1.165, 1.54) is 7.11 Å². The number of ether oxygens (including phenoxy) is 1. The molecule has 0 aromatic rings. The van der Waals surface area contributed by atoms with Gasteiger partial charge < -0.3 is 14.5 Å². The van der Waals surface area contributed by atoms with E-state index in [2.05, 4.69) is 16.9 Å². The van der Waals surface area contributed by atoms with Gasteiger partial charge in [0.05, 0.1) is 7.11 Å². The number of rotatable bonds is 1. The van der Waals surface area contributed by atoms with Gasteiger partial charge in [0.1, 0.15) is 0 Å². The van der Waals surface area contributed by atoms with Crippen LogP contribution in [0.2, 0.25) is 0 Å². The molecule has 1 heterocycles. The van der Waals surface area contributed by atoms with E-state index in [-0.39, 0.29) is 17.9 Å². The lowest BCUT2D eigenvalue weighted by molar-refractivity contribution is -0.136. The van der Waals surface area contributed by atoms with E-state index in [4.69, 9.17) is 0 Å². The average Bonchev–Trinajstić information content (AvgIpc) is 2.91. The number of amides is 2. The van der Waals surface area contributed by atoms with Crippen molar-refractivity contribution in [1.82, 2.24) is 9.80 Å². The molecule has 5 nitrogen and oxygen atoms in total. The van der Waals surface area contributed by atoms with Crippen LogP contribution in [0.1, 0.15) is 12.8 Å². The van der Waals surface area contributed by atoms with Gasteiger partial charge in [-0.2, -0.15) is 0 Å². The lowest BCUT2D eigenvalue weighted by Crippen LogP contribution is -2.51. The van der Waals surface area contributed by atoms with E-state index in [9.17, 15) is 9.59 Å². The monoisotopic (exact) mass is 238 g/mol. The van der Waals surface area contributed by atoms with Crippen molar-refractivity contribution >= 4 is 12.0 Å². The highest BCUT2D eigenvalue weighted by atomic mass is 16.5. The van der Waals surface area contributed by atoms with Crippen LogP contribution in [0.15, 0.2) is 12.2 Å². The largest absolute Gasteiger partial charge is 0.453 e. The van der Waals surface area contributed by atoms with Crippen molar-refractivity contribution in [3.8, 4) is 0 Å². The molecule has 0 saturated carbocycles. The summed E-state index contributed by atoms with van der Waals surface area (Å²) in [4.78, 5) is 26.9. The first-order valence-electron chi connectivity index (χ1n) is 5.99. The molecule has 0 spiro atoms. The van der Waals surface area contributed by atoms with Crippen molar-refractivity contribution in [2.24, 2.45) is 5.92 Å². The van der Waals surface area contributed by atoms with Crippen LogP contribution in [0.3, 0.4) is 0 Å². The highest BCUT2D eigenvalue weighted by Crippen LogP contribution is 2.21. The van der Waals surface area contributed by atoms with Crippen LogP contribution >= 0.6 is 0 Å². The first-order valence-corrected chi connectivity index (χ1v) is 5.99. The lowest BCUT2D eigenvalue weighted by atomic mass is 10.1. The molecule has 0 aromatic heterocycles. The second-order valence-corrected chi connectivity index (χ2v) is 4.42. The zero-order valence-corrected chi connectivity index (χ0v) is 10.1. The molecule has 0 radical (unpaired) electrons. The first kappa shape index (κ1) is 12.0. The van der Waals surface area contributed by atoms with E-state index < -0.39 is 0 Å². The summed E-state index contributed by atoms with van der Waals surface area (Å²) in [6, 6.07) is 0. The minimum Gasteiger partial charge on any atom is -0.453 e. The molecular weight excluding hydrogens is 220 g/mol. The van der Waals surface area contributed by atoms with Gasteiger partial charge in [0, 0.05) is 32.1 Å². The molecule has 0 N–H and O–H groups in total. The Bertz CT molecular complexity index is 325. The zero-order chi connectivity index (χ0) is 12.3. The average molecular weight is 238 g/mol. The van der Waals surface area contributed by atoms with Crippen molar-refractivity contribution < 1.29 is 14.3 Å². The third kappa shape index (κ3) is 2.60. The minimum absolute atomic E-state index is 0.125. The Morgan fingerprint density at radius 3 is 2.12 bits per heavy atom. The number of hydrogen-bond donors (Lipinski definition) is 0. The molecule has 1 aliphatic carbocycles. The maximum Gasteiger partial charge on any atom is 0.409 e. The number of carbonyl (C=O) groups is 2. The van der Waals surface area contributed by atoms with Crippen LogP contribution in [0.4, 0.5) is 4.79 Å². The van der Waals surface area contributed by atoms with Crippen molar-refractivity contribution in [3.05, 3.63) is 12.2 Å². The van der Waals surface area contributed by atoms with Crippen LogP contribution < -0.4 is 0 Å². The van der Waals surface area contributed by atoms with Crippen molar-refractivity contribution in [3.63, 3.8) is 0 Å². The van der Waals surface area contributed by atoms with E-state index in [1.54, 1.807) is 4.90 Å². The second-order valence-electron chi connectivity index (χ2n) is 4.42. The third-order valence-electron chi connectivity index (χ3n) is 3.38. The van der Waals surface area contributed by atoms with Gasteiger partial charge in [0.2, 0.25) is 5.91 Å². The zero-order valence-electron chi connectivity index (χ0n) is 10.1. The number of nitrogens with zero attached hydrogens (tertiary/aromatic N) is 2. The van der Waals surface area contributed by atoms with E-state index in [0.29, 0.717) is 26.2 Å². The van der Waals surface area contributed by atoms with E-state index in [0.717, 1.165) is 12.8 Å². The molecule has 2 amide bonds. The van der Waals surface area contributed by atoms with Gasteiger partial charge in [0.15, 0.2) is 0 Å². The van der Waals surface area contributed by atoms with Crippen molar-refractivity contribution in [2.75, 3.05) is 33.3 Å². The van der Waals surface area contributed by atoms with Gasteiger partial charge in [-0.3, -0.25) is 4.79 Å². The smallest absolute Gasteiger partial charge is 0.409 e. The van der Waals surface area contributed by atoms with Crippen LogP contribution in [0.25, 0.3) is 0 Å². The molecule has 0 bridgehead atoms. The molecule has 17 heavy (non-hydrogen) atoms. The number of carbonyl (C=O) groups excluding carboxylic acids is 2. The van der Waals surface area contributed by atoms with Gasteiger partial charge in [-0.25, -0.2) is 4.79 Å². The summed E-state index contributed by atoms with van der Waals surface area (Å²) in [5.74, 6) is 0.346. The van der Waals surface area contributed by atoms with E-state index >= 15 is 0 Å². The number of methoxy groups -OCH3 is 1. The Morgan fingerprint density at radius 2 is 1.59 bits per heavy atom. The predicted molar refractivity (Wildman–Crippen MR) is 62.4 cm³/mol. The highest BCUT2D eigenvalue weighted by Gasteiger charge is 2.29. The fourth-order valence-electron chi connectivity index (χ4n) is 2.32. The van der Waals surface area contributed by atoms with Crippen molar-refractivity contribution in [2.45, 2.75) is 12.8 Å². The predicted octanol–water partition coefficient (Wildman–Crippen LogP) is 0.863. The van der Waals surface area contributed by atoms with E-state index in [1.807, 2.05) is 4.90 Å². The molecule has 5 heteroatoms. The van der Waals surface area contributed by atoms with Gasteiger partial charge in [-0.05, 0) is 12.8 Å². The molecular formula is C12H18N2O3. The molecule has 0 aromatic carbocycles. The van der Waals surface area contributed by atoms with Crippen molar-refractivity contribution in [1.29, 1.82) is 0 Å². The Labute approximate surface area is 101 Å². The van der Waals surface area contributed by atoms with Gasteiger partial charge in [0.25, 0.3) is 0 Å². The normalized spacial score (nSPS) is 20.8. The fraction of sp³-hybridized carbons (Fsp3) is 0.667. The molecule has 1 fully saturated rings. The first-order chi connectivity index (χ1) is 8.22. The summed E-state index contributed by atoms with van der Waals surface area (Å²) in [6.07, 6.45) is 5.53. The summed E-state index contributed by atoms with van der Waals surface area (Å²) >= 11 is 0. The second kappa shape index (κ2) is 5.21. The number of allylic oxidation sites excluding steroid dienone is 2. The Kier molecular flexibility index (Phi) is 3.66. The molecule has 94 valence electrons. The Morgan fingerprint density at radius 1 is 1.06 bits per heavy atom. The number of piperazine rings is 1. The lowest BCUT2D eigenvalue weighted by Gasteiger charge is -2.35. The van der Waals surface area contributed by atoms with Crippen LogP contribution in [0.5, 0.6) is 0 Å². The van der Waals surface area contributed by atoms with Crippen LogP contribution in [0, 0.1) is 5.92 Å². The van der Waals surface area contributed by atoms with Crippen LogP contribution in [-0.2, 0) is 9.53 Å². The maximum atomic E-state index is 12.1. The standard InChI is InChI=1S/C12H18N2O3/c1-17-12(16)14-8-6-13(7-9-14)11(15)10-4-2-3-5-10/h2-3,10H,4-9H2,1H3. The fourth-order valence-corrected chi connectivity index (χ4v) is 2.32. The Balaban J connectivity index is 1.82. The molecule has 0 unspecified atom stereocenters.